The van der Waals surface area contributed by atoms with E-state index in [1.807, 2.05) is 11.8 Å². The van der Waals surface area contributed by atoms with Crippen molar-refractivity contribution < 1.29 is 9.53 Å². The number of rotatable bonds is 3. The summed E-state index contributed by atoms with van der Waals surface area (Å²) in [6.07, 6.45) is 3.03. The van der Waals surface area contributed by atoms with Crippen LogP contribution in [0.5, 0.6) is 0 Å². The lowest BCUT2D eigenvalue weighted by molar-refractivity contribution is -0.144. The molecule has 0 aliphatic carbocycles. The highest BCUT2D eigenvalue weighted by Crippen LogP contribution is 2.24. The Morgan fingerprint density at radius 2 is 2.11 bits per heavy atom. The van der Waals surface area contributed by atoms with Crippen LogP contribution in [0.25, 0.3) is 0 Å². The Kier molecular flexibility index (Phi) is 4.62. The highest BCUT2D eigenvalue weighted by molar-refractivity contribution is 5.81. The second-order valence-electron chi connectivity index (χ2n) is 5.73. The molecule has 2 fully saturated rings. The van der Waals surface area contributed by atoms with E-state index >= 15 is 0 Å². The third kappa shape index (κ3) is 3.04. The number of likely N-dealkylation sites (tertiary alicyclic amines) is 1. The van der Waals surface area contributed by atoms with Crippen molar-refractivity contribution in [2.75, 3.05) is 19.6 Å². The molecule has 0 radical (unpaired) electrons. The second-order valence-corrected chi connectivity index (χ2v) is 5.73. The first-order valence-corrected chi connectivity index (χ1v) is 7.29. The highest BCUT2D eigenvalue weighted by Gasteiger charge is 2.35. The second kappa shape index (κ2) is 6.02. The summed E-state index contributed by atoms with van der Waals surface area (Å²) in [4.78, 5) is 14.3. The van der Waals surface area contributed by atoms with E-state index in [0.29, 0.717) is 12.0 Å². The number of nitrogens with one attached hydrogen (secondary N) is 1. The Morgan fingerprint density at radius 3 is 2.67 bits per heavy atom. The molecule has 1 amide bonds. The van der Waals surface area contributed by atoms with Gasteiger partial charge in [-0.1, -0.05) is 13.8 Å². The molecule has 2 aliphatic heterocycles. The molecule has 4 unspecified atom stereocenters. The summed E-state index contributed by atoms with van der Waals surface area (Å²) in [5.74, 6) is 0.739. The van der Waals surface area contributed by atoms with Crippen LogP contribution in [0.1, 0.15) is 40.0 Å². The Balaban J connectivity index is 1.86. The number of carbonyl (C=O) groups is 1. The molecule has 0 aromatic rings. The molecule has 0 spiro atoms. The average Bonchev–Trinajstić information content (AvgIpc) is 2.78. The summed E-state index contributed by atoms with van der Waals surface area (Å²) in [5, 5.41) is 3.50. The minimum atomic E-state index is -0.178. The monoisotopic (exact) mass is 254 g/mol. The van der Waals surface area contributed by atoms with Crippen molar-refractivity contribution in [3.63, 3.8) is 0 Å². The maximum absolute atomic E-state index is 12.3. The van der Waals surface area contributed by atoms with Gasteiger partial charge in [0.05, 0.1) is 6.10 Å². The molecule has 2 aliphatic rings. The summed E-state index contributed by atoms with van der Waals surface area (Å²) in [5.41, 5.74) is 0. The van der Waals surface area contributed by atoms with Crippen LogP contribution in [0.4, 0.5) is 0 Å². The molecule has 4 nitrogen and oxygen atoms in total. The van der Waals surface area contributed by atoms with Crippen LogP contribution >= 0.6 is 0 Å². The van der Waals surface area contributed by atoms with Gasteiger partial charge in [0.15, 0.2) is 0 Å². The maximum atomic E-state index is 12.3. The first-order chi connectivity index (χ1) is 8.61. The highest BCUT2D eigenvalue weighted by atomic mass is 16.5. The minimum Gasteiger partial charge on any atom is -0.365 e. The summed E-state index contributed by atoms with van der Waals surface area (Å²) in [6.45, 7) is 9.15. The van der Waals surface area contributed by atoms with E-state index in [0.717, 1.165) is 38.9 Å². The van der Waals surface area contributed by atoms with Crippen LogP contribution < -0.4 is 5.32 Å². The molecule has 2 rings (SSSR count). The van der Waals surface area contributed by atoms with Crippen LogP contribution in [-0.2, 0) is 9.53 Å². The van der Waals surface area contributed by atoms with Gasteiger partial charge in [0.25, 0.3) is 5.91 Å². The van der Waals surface area contributed by atoms with E-state index < -0.39 is 0 Å². The van der Waals surface area contributed by atoms with Gasteiger partial charge in [0.1, 0.15) is 6.10 Å². The van der Waals surface area contributed by atoms with Gasteiger partial charge in [-0.2, -0.15) is 0 Å². The Morgan fingerprint density at radius 1 is 1.33 bits per heavy atom. The fraction of sp³-hybridized carbons (Fsp3) is 0.929. The van der Waals surface area contributed by atoms with Gasteiger partial charge in [-0.25, -0.2) is 0 Å². The molecule has 1 N–H and O–H groups in total. The number of ether oxygens (including phenoxy) is 1. The molecule has 4 heteroatoms. The zero-order chi connectivity index (χ0) is 13.1. The van der Waals surface area contributed by atoms with Gasteiger partial charge in [0, 0.05) is 19.1 Å². The van der Waals surface area contributed by atoms with E-state index in [9.17, 15) is 4.79 Å². The smallest absolute Gasteiger partial charge is 0.251 e. The molecular weight excluding hydrogens is 228 g/mol. The molecule has 0 aromatic carbocycles. The van der Waals surface area contributed by atoms with Gasteiger partial charge >= 0.3 is 0 Å². The van der Waals surface area contributed by atoms with Gasteiger partial charge in [-0.3, -0.25) is 4.79 Å². The molecule has 0 bridgehead atoms. The van der Waals surface area contributed by atoms with Gasteiger partial charge in [-0.15, -0.1) is 0 Å². The number of piperidine rings is 1. The summed E-state index contributed by atoms with van der Waals surface area (Å²) in [6, 6.07) is 0.558. The maximum Gasteiger partial charge on any atom is 0.251 e. The van der Waals surface area contributed by atoms with Crippen LogP contribution in [0.15, 0.2) is 0 Å². The predicted molar refractivity (Wildman–Crippen MR) is 71.4 cm³/mol. The number of hydrogen-bond donors (Lipinski definition) is 1. The Bertz CT molecular complexity index is 296. The van der Waals surface area contributed by atoms with Crippen molar-refractivity contribution in [2.24, 2.45) is 5.92 Å². The van der Waals surface area contributed by atoms with Gasteiger partial charge in [0.2, 0.25) is 0 Å². The molecular formula is C14H26N2O2. The van der Waals surface area contributed by atoms with Gasteiger partial charge in [-0.05, 0) is 38.6 Å². The average molecular weight is 254 g/mol. The van der Waals surface area contributed by atoms with E-state index in [1.54, 1.807) is 0 Å². The van der Waals surface area contributed by atoms with Crippen LogP contribution in [0, 0.1) is 5.92 Å². The van der Waals surface area contributed by atoms with E-state index in [4.69, 9.17) is 4.74 Å². The van der Waals surface area contributed by atoms with Crippen molar-refractivity contribution in [3.05, 3.63) is 0 Å². The molecule has 0 saturated carbocycles. The molecule has 0 aromatic heterocycles. The first kappa shape index (κ1) is 13.8. The normalized spacial score (nSPS) is 36.9. The SMILES string of the molecule is CCNC1CCN(C(=O)C2CCC(C)O2)CC1C. The fourth-order valence-corrected chi connectivity index (χ4v) is 3.10. The molecule has 2 heterocycles. The third-order valence-corrected chi connectivity index (χ3v) is 4.19. The Labute approximate surface area is 110 Å². The number of carbonyl (C=O) groups excluding carboxylic acids is 1. The lowest BCUT2D eigenvalue weighted by Crippen LogP contribution is -2.52. The first-order valence-electron chi connectivity index (χ1n) is 7.29. The van der Waals surface area contributed by atoms with E-state index in [2.05, 4.69) is 19.2 Å². The van der Waals surface area contributed by atoms with Crippen molar-refractivity contribution >= 4 is 5.91 Å². The molecule has 4 atom stereocenters. The topological polar surface area (TPSA) is 41.6 Å². The van der Waals surface area contributed by atoms with Crippen LogP contribution in [0.2, 0.25) is 0 Å². The van der Waals surface area contributed by atoms with Crippen molar-refractivity contribution in [1.82, 2.24) is 10.2 Å². The standard InChI is InChI=1S/C14H26N2O2/c1-4-15-12-7-8-16(9-10(12)2)14(17)13-6-5-11(3)18-13/h10-13,15H,4-9H2,1-3H3. The van der Waals surface area contributed by atoms with Crippen molar-refractivity contribution in [3.8, 4) is 0 Å². The van der Waals surface area contributed by atoms with E-state index in [1.165, 1.54) is 0 Å². The molecule has 2 saturated heterocycles. The number of amides is 1. The zero-order valence-corrected chi connectivity index (χ0v) is 11.8. The van der Waals surface area contributed by atoms with Gasteiger partial charge < -0.3 is 15.0 Å². The largest absolute Gasteiger partial charge is 0.365 e. The van der Waals surface area contributed by atoms with Crippen LogP contribution in [-0.4, -0.2) is 48.7 Å². The Hall–Kier alpha value is -0.610. The van der Waals surface area contributed by atoms with E-state index in [-0.39, 0.29) is 18.1 Å². The number of hydrogen-bond acceptors (Lipinski definition) is 3. The fourth-order valence-electron chi connectivity index (χ4n) is 3.10. The lowest BCUT2D eigenvalue weighted by Gasteiger charge is -2.38. The van der Waals surface area contributed by atoms with Crippen molar-refractivity contribution in [2.45, 2.75) is 58.3 Å². The summed E-state index contributed by atoms with van der Waals surface area (Å²) in [7, 11) is 0. The summed E-state index contributed by atoms with van der Waals surface area (Å²) < 4.78 is 5.68. The molecule has 104 valence electrons. The third-order valence-electron chi connectivity index (χ3n) is 4.19. The lowest BCUT2D eigenvalue weighted by atomic mass is 9.93. The minimum absolute atomic E-state index is 0.178. The predicted octanol–water partition coefficient (Wildman–Crippen LogP) is 1.40. The zero-order valence-electron chi connectivity index (χ0n) is 11.8. The summed E-state index contributed by atoms with van der Waals surface area (Å²) >= 11 is 0. The quantitative estimate of drug-likeness (QED) is 0.828. The number of nitrogens with zero attached hydrogens (tertiary/aromatic N) is 1. The molecule has 18 heavy (non-hydrogen) atoms. The van der Waals surface area contributed by atoms with Crippen LogP contribution in [0.3, 0.4) is 0 Å². The van der Waals surface area contributed by atoms with Crippen molar-refractivity contribution in [1.29, 1.82) is 0 Å².